The number of ether oxygens (including phenoxy) is 1. The summed E-state index contributed by atoms with van der Waals surface area (Å²) in [4.78, 5) is 12.9. The predicted octanol–water partition coefficient (Wildman–Crippen LogP) is 0.600. The molecule has 0 aliphatic carbocycles. The molecule has 4 heteroatoms. The highest BCUT2D eigenvalue weighted by Gasteiger charge is 2.37. The van der Waals surface area contributed by atoms with Gasteiger partial charge in [0.2, 0.25) is 0 Å². The average molecular weight is 185 g/mol. The number of cyclic esters (lactones) is 1. The number of carbonyl (C=O) groups is 1. The van der Waals surface area contributed by atoms with Crippen molar-refractivity contribution < 1.29 is 14.6 Å². The first kappa shape index (κ1) is 8.81. The quantitative estimate of drug-likeness (QED) is 0.685. The molecule has 2 fully saturated rings. The van der Waals surface area contributed by atoms with Crippen LogP contribution in [0.3, 0.4) is 0 Å². The number of hydrogen-bond acceptors (Lipinski definition) is 3. The maximum Gasteiger partial charge on any atom is 0.410 e. The lowest BCUT2D eigenvalue weighted by Crippen LogP contribution is -2.41. The van der Waals surface area contributed by atoms with E-state index in [9.17, 15) is 4.79 Å². The molecule has 0 aromatic rings. The minimum Gasteiger partial charge on any atom is -0.447 e. The molecule has 2 rings (SSSR count). The highest BCUT2D eigenvalue weighted by Crippen LogP contribution is 2.29. The number of aliphatic hydroxyl groups is 1. The van der Waals surface area contributed by atoms with Crippen LogP contribution in [0.25, 0.3) is 0 Å². The van der Waals surface area contributed by atoms with Crippen LogP contribution in [0.15, 0.2) is 0 Å². The first-order valence-corrected chi connectivity index (χ1v) is 4.85. The van der Waals surface area contributed by atoms with Crippen molar-refractivity contribution in [2.24, 2.45) is 5.92 Å². The fourth-order valence-electron chi connectivity index (χ4n) is 2.23. The topological polar surface area (TPSA) is 49.8 Å². The van der Waals surface area contributed by atoms with Crippen molar-refractivity contribution in [1.82, 2.24) is 4.90 Å². The minimum absolute atomic E-state index is 0.160. The summed E-state index contributed by atoms with van der Waals surface area (Å²) in [6, 6.07) is 0.276. The number of aliphatic hydroxyl groups excluding tert-OH is 1. The third-order valence-electron chi connectivity index (χ3n) is 3.00. The van der Waals surface area contributed by atoms with Gasteiger partial charge in [-0.25, -0.2) is 4.79 Å². The monoisotopic (exact) mass is 185 g/mol. The zero-order valence-corrected chi connectivity index (χ0v) is 7.61. The van der Waals surface area contributed by atoms with Crippen molar-refractivity contribution in [3.8, 4) is 0 Å². The fourth-order valence-corrected chi connectivity index (χ4v) is 2.23. The number of fused-ring (bicyclic) bond motifs is 1. The molecule has 0 aromatic carbocycles. The third kappa shape index (κ3) is 1.63. The van der Waals surface area contributed by atoms with Gasteiger partial charge in [0.25, 0.3) is 0 Å². The summed E-state index contributed by atoms with van der Waals surface area (Å²) >= 11 is 0. The number of carbonyl (C=O) groups excluding carboxylic acids is 1. The summed E-state index contributed by atoms with van der Waals surface area (Å²) < 4.78 is 4.95. The Bertz CT molecular complexity index is 207. The van der Waals surface area contributed by atoms with Gasteiger partial charge in [-0.15, -0.1) is 0 Å². The lowest BCUT2D eigenvalue weighted by molar-refractivity contribution is 0.138. The van der Waals surface area contributed by atoms with Crippen LogP contribution in [0, 0.1) is 5.92 Å². The molecule has 2 aliphatic rings. The molecule has 0 radical (unpaired) electrons. The van der Waals surface area contributed by atoms with E-state index in [-0.39, 0.29) is 18.7 Å². The molecular formula is C9H15NO3. The molecule has 0 aromatic heterocycles. The SMILES string of the molecule is O=C1OCC2CC(CCO)CCN12. The van der Waals surface area contributed by atoms with E-state index in [1.807, 2.05) is 4.90 Å². The molecule has 0 saturated carbocycles. The second kappa shape index (κ2) is 3.54. The van der Waals surface area contributed by atoms with Crippen molar-refractivity contribution in [1.29, 1.82) is 0 Å². The van der Waals surface area contributed by atoms with Crippen LogP contribution in [-0.2, 0) is 4.74 Å². The molecule has 2 aliphatic heterocycles. The molecule has 0 bridgehead atoms. The van der Waals surface area contributed by atoms with Crippen molar-refractivity contribution in [3.63, 3.8) is 0 Å². The number of rotatable bonds is 2. The first-order chi connectivity index (χ1) is 6.31. The van der Waals surface area contributed by atoms with Gasteiger partial charge in [0.15, 0.2) is 0 Å². The summed E-state index contributed by atoms with van der Waals surface area (Å²) in [7, 11) is 0. The Labute approximate surface area is 77.5 Å². The molecule has 2 heterocycles. The van der Waals surface area contributed by atoms with Crippen LogP contribution in [0.5, 0.6) is 0 Å². The van der Waals surface area contributed by atoms with Crippen LogP contribution < -0.4 is 0 Å². The molecule has 0 spiro atoms. The lowest BCUT2D eigenvalue weighted by Gasteiger charge is -2.31. The van der Waals surface area contributed by atoms with E-state index < -0.39 is 0 Å². The zero-order valence-electron chi connectivity index (χ0n) is 7.61. The van der Waals surface area contributed by atoms with Crippen molar-refractivity contribution in [2.75, 3.05) is 19.8 Å². The summed E-state index contributed by atoms with van der Waals surface area (Å²) in [6.07, 6.45) is 2.70. The van der Waals surface area contributed by atoms with E-state index in [1.54, 1.807) is 0 Å². The fraction of sp³-hybridized carbons (Fsp3) is 0.889. The van der Waals surface area contributed by atoms with Gasteiger partial charge in [-0.1, -0.05) is 0 Å². The van der Waals surface area contributed by atoms with Gasteiger partial charge in [0, 0.05) is 13.2 Å². The van der Waals surface area contributed by atoms with Gasteiger partial charge in [-0.05, 0) is 25.2 Å². The molecule has 74 valence electrons. The molecule has 2 unspecified atom stereocenters. The normalized spacial score (nSPS) is 33.0. The maximum atomic E-state index is 11.1. The van der Waals surface area contributed by atoms with E-state index >= 15 is 0 Å². The number of nitrogens with zero attached hydrogens (tertiary/aromatic N) is 1. The molecule has 13 heavy (non-hydrogen) atoms. The molecule has 2 atom stereocenters. The van der Waals surface area contributed by atoms with Gasteiger partial charge in [0.05, 0.1) is 6.04 Å². The summed E-state index contributed by atoms with van der Waals surface area (Å²) in [5.74, 6) is 0.570. The van der Waals surface area contributed by atoms with Crippen LogP contribution in [0.4, 0.5) is 4.79 Å². The van der Waals surface area contributed by atoms with Crippen LogP contribution in [0.1, 0.15) is 19.3 Å². The van der Waals surface area contributed by atoms with Gasteiger partial charge in [-0.3, -0.25) is 0 Å². The highest BCUT2D eigenvalue weighted by atomic mass is 16.6. The van der Waals surface area contributed by atoms with Crippen LogP contribution in [0.2, 0.25) is 0 Å². The Morgan fingerprint density at radius 2 is 2.46 bits per heavy atom. The Kier molecular flexibility index (Phi) is 2.40. The largest absolute Gasteiger partial charge is 0.447 e. The molecule has 4 nitrogen and oxygen atoms in total. The number of piperidine rings is 1. The molecule has 1 amide bonds. The second-order valence-corrected chi connectivity index (χ2v) is 3.83. The van der Waals surface area contributed by atoms with E-state index in [4.69, 9.17) is 9.84 Å². The Morgan fingerprint density at radius 3 is 3.23 bits per heavy atom. The van der Waals surface area contributed by atoms with Gasteiger partial charge in [0.1, 0.15) is 6.61 Å². The second-order valence-electron chi connectivity index (χ2n) is 3.83. The maximum absolute atomic E-state index is 11.1. The van der Waals surface area contributed by atoms with Crippen LogP contribution in [-0.4, -0.2) is 41.9 Å². The Balaban J connectivity index is 1.91. The first-order valence-electron chi connectivity index (χ1n) is 4.85. The van der Waals surface area contributed by atoms with Crippen LogP contribution >= 0.6 is 0 Å². The van der Waals surface area contributed by atoms with E-state index in [1.165, 1.54) is 0 Å². The smallest absolute Gasteiger partial charge is 0.410 e. The summed E-state index contributed by atoms with van der Waals surface area (Å²) in [5.41, 5.74) is 0. The van der Waals surface area contributed by atoms with E-state index in [2.05, 4.69) is 0 Å². The van der Waals surface area contributed by atoms with E-state index in [0.717, 1.165) is 25.8 Å². The zero-order chi connectivity index (χ0) is 9.26. The van der Waals surface area contributed by atoms with E-state index in [0.29, 0.717) is 12.5 Å². The Hall–Kier alpha value is -0.770. The minimum atomic E-state index is -0.160. The van der Waals surface area contributed by atoms with Gasteiger partial charge < -0.3 is 14.7 Å². The summed E-state index contributed by atoms with van der Waals surface area (Å²) in [6.45, 7) is 1.60. The molecule has 1 N–H and O–H groups in total. The number of amides is 1. The predicted molar refractivity (Wildman–Crippen MR) is 46.3 cm³/mol. The average Bonchev–Trinajstić information content (AvgIpc) is 2.48. The van der Waals surface area contributed by atoms with Crippen molar-refractivity contribution in [3.05, 3.63) is 0 Å². The van der Waals surface area contributed by atoms with Crippen molar-refractivity contribution in [2.45, 2.75) is 25.3 Å². The summed E-state index contributed by atoms with van der Waals surface area (Å²) in [5, 5.41) is 8.80. The Morgan fingerprint density at radius 1 is 1.62 bits per heavy atom. The molecule has 2 saturated heterocycles. The molecular weight excluding hydrogens is 170 g/mol. The number of hydrogen-bond donors (Lipinski definition) is 1. The van der Waals surface area contributed by atoms with Gasteiger partial charge in [-0.2, -0.15) is 0 Å². The van der Waals surface area contributed by atoms with Crippen molar-refractivity contribution >= 4 is 6.09 Å². The third-order valence-corrected chi connectivity index (χ3v) is 3.00. The lowest BCUT2D eigenvalue weighted by atomic mass is 9.89. The standard InChI is InChI=1S/C9H15NO3/c11-4-2-7-1-3-10-8(5-7)6-13-9(10)12/h7-8,11H,1-6H2. The van der Waals surface area contributed by atoms with Gasteiger partial charge >= 0.3 is 6.09 Å². The highest BCUT2D eigenvalue weighted by molar-refractivity contribution is 5.70.